The van der Waals surface area contributed by atoms with Crippen LogP contribution in [0.4, 0.5) is 4.39 Å². The lowest BCUT2D eigenvalue weighted by Gasteiger charge is -2.12. The number of nitrogens with zero attached hydrogens (tertiary/aromatic N) is 4. The molecule has 0 amide bonds. The summed E-state index contributed by atoms with van der Waals surface area (Å²) in [6.45, 7) is 6.09. The van der Waals surface area contributed by atoms with Crippen LogP contribution in [0.2, 0.25) is 0 Å². The van der Waals surface area contributed by atoms with Gasteiger partial charge in [-0.25, -0.2) is 32.1 Å². The molecule has 10 heteroatoms. The largest absolute Gasteiger partial charge is 0.345 e. The summed E-state index contributed by atoms with van der Waals surface area (Å²) in [5.41, 5.74) is 2.25. The van der Waals surface area contributed by atoms with Gasteiger partial charge in [0.2, 0.25) is 10.0 Å². The Kier molecular flexibility index (Phi) is 7.60. The zero-order valence-electron chi connectivity index (χ0n) is 21.1. The Morgan fingerprint density at radius 1 is 1.11 bits per heavy atom. The van der Waals surface area contributed by atoms with Crippen LogP contribution in [0, 0.1) is 5.82 Å². The number of H-pyrrole nitrogens is 1. The Morgan fingerprint density at radius 2 is 1.81 bits per heavy atom. The first-order chi connectivity index (χ1) is 17.6. The molecular weight excluding hydrogens is 493 g/mol. The number of carbonyl (C=O) groups excluding carboxylic acids is 1. The molecule has 1 N–H and O–H groups in total. The lowest BCUT2D eigenvalue weighted by Crippen LogP contribution is -2.28. The Bertz CT molecular complexity index is 1580. The highest BCUT2D eigenvalue weighted by molar-refractivity contribution is 7.89. The monoisotopic (exact) mass is 521 g/mol. The summed E-state index contributed by atoms with van der Waals surface area (Å²) in [4.78, 5) is 29.5. The van der Waals surface area contributed by atoms with Crippen LogP contribution in [0.3, 0.4) is 0 Å². The molecule has 0 fully saturated rings. The third-order valence-corrected chi connectivity index (χ3v) is 7.92. The van der Waals surface area contributed by atoms with Gasteiger partial charge in [0.1, 0.15) is 17.3 Å². The molecule has 0 atom stereocenters. The van der Waals surface area contributed by atoms with Gasteiger partial charge in [-0.05, 0) is 12.1 Å². The van der Waals surface area contributed by atoms with E-state index in [1.54, 1.807) is 37.6 Å². The number of benzene rings is 1. The maximum atomic E-state index is 15.3. The highest BCUT2D eigenvalue weighted by Gasteiger charge is 2.20. The van der Waals surface area contributed by atoms with E-state index in [4.69, 9.17) is 0 Å². The second kappa shape index (κ2) is 10.7. The maximum Gasteiger partial charge on any atom is 0.217 e. The topological polar surface area (TPSA) is 109 Å². The van der Waals surface area contributed by atoms with Gasteiger partial charge < -0.3 is 4.98 Å². The van der Waals surface area contributed by atoms with Crippen molar-refractivity contribution >= 4 is 32.9 Å². The number of fused-ring (bicyclic) bond motifs is 1. The molecule has 4 aromatic rings. The number of hydrogen-bond acceptors (Lipinski definition) is 6. The van der Waals surface area contributed by atoms with E-state index in [9.17, 15) is 13.2 Å². The minimum atomic E-state index is -3.48. The molecular formula is C27H28FN5O3S. The van der Waals surface area contributed by atoms with E-state index in [1.165, 1.54) is 41.8 Å². The first-order valence-corrected chi connectivity index (χ1v) is 13.5. The van der Waals surface area contributed by atoms with Gasteiger partial charge in [0, 0.05) is 71.9 Å². The number of halogens is 1. The number of ketones is 1. The quantitative estimate of drug-likeness (QED) is 0.317. The van der Waals surface area contributed by atoms with E-state index >= 15 is 4.39 Å². The number of aromatic amines is 1. The molecule has 37 heavy (non-hydrogen) atoms. The first kappa shape index (κ1) is 26.3. The van der Waals surface area contributed by atoms with Gasteiger partial charge in [0.25, 0.3) is 0 Å². The third-order valence-electron chi connectivity index (χ3n) is 6.09. The second-order valence-corrected chi connectivity index (χ2v) is 11.1. The smallest absolute Gasteiger partial charge is 0.217 e. The van der Waals surface area contributed by atoms with Crippen LogP contribution in [0.1, 0.15) is 54.0 Å². The van der Waals surface area contributed by atoms with Gasteiger partial charge in [0.15, 0.2) is 5.78 Å². The van der Waals surface area contributed by atoms with E-state index in [-0.39, 0.29) is 28.4 Å². The number of aromatic nitrogens is 4. The molecule has 0 saturated heterocycles. The van der Waals surface area contributed by atoms with E-state index in [0.717, 1.165) is 17.0 Å². The molecule has 0 aliphatic rings. The number of nitrogens with one attached hydrogen (secondary N) is 1. The molecule has 0 spiro atoms. The second-order valence-electron chi connectivity index (χ2n) is 8.94. The minimum Gasteiger partial charge on any atom is -0.345 e. The van der Waals surface area contributed by atoms with E-state index in [2.05, 4.69) is 19.9 Å². The fourth-order valence-corrected chi connectivity index (χ4v) is 4.74. The summed E-state index contributed by atoms with van der Waals surface area (Å²) in [5.74, 6) is -0.571. The molecule has 0 saturated carbocycles. The van der Waals surface area contributed by atoms with Gasteiger partial charge in [0.05, 0.1) is 11.3 Å². The zero-order valence-corrected chi connectivity index (χ0v) is 21.9. The molecule has 3 aromatic heterocycles. The molecule has 4 rings (SSSR count). The van der Waals surface area contributed by atoms with Crippen molar-refractivity contribution in [1.82, 2.24) is 24.2 Å². The van der Waals surface area contributed by atoms with Gasteiger partial charge in [-0.15, -0.1) is 0 Å². The van der Waals surface area contributed by atoms with Crippen LogP contribution in [-0.4, -0.2) is 57.8 Å². The van der Waals surface area contributed by atoms with Crippen LogP contribution in [-0.2, 0) is 10.0 Å². The lowest BCUT2D eigenvalue weighted by atomic mass is 9.99. The van der Waals surface area contributed by atoms with Gasteiger partial charge in [-0.3, -0.25) is 4.79 Å². The van der Waals surface area contributed by atoms with Crippen molar-refractivity contribution in [3.8, 4) is 11.1 Å². The predicted molar refractivity (Wildman–Crippen MR) is 142 cm³/mol. The van der Waals surface area contributed by atoms with Crippen LogP contribution < -0.4 is 0 Å². The van der Waals surface area contributed by atoms with Crippen molar-refractivity contribution < 1.29 is 17.6 Å². The fraction of sp³-hybridized carbons (Fsp3) is 0.259. The van der Waals surface area contributed by atoms with Crippen molar-refractivity contribution in [1.29, 1.82) is 0 Å². The lowest BCUT2D eigenvalue weighted by molar-refractivity contribution is 0.103. The van der Waals surface area contributed by atoms with Crippen LogP contribution >= 0.6 is 0 Å². The molecule has 3 heterocycles. The van der Waals surface area contributed by atoms with Gasteiger partial charge in [-0.1, -0.05) is 45.1 Å². The average molecular weight is 522 g/mol. The summed E-state index contributed by atoms with van der Waals surface area (Å²) in [6, 6.07) is 6.27. The first-order valence-electron chi connectivity index (χ1n) is 11.9. The summed E-state index contributed by atoms with van der Waals surface area (Å²) in [7, 11) is -1.99. The predicted octanol–water partition coefficient (Wildman–Crippen LogP) is 4.81. The van der Waals surface area contributed by atoms with Crippen molar-refractivity contribution in [3.63, 3.8) is 0 Å². The van der Waals surface area contributed by atoms with Crippen molar-refractivity contribution in [2.24, 2.45) is 0 Å². The van der Waals surface area contributed by atoms with Crippen LogP contribution in [0.25, 0.3) is 28.2 Å². The van der Waals surface area contributed by atoms with Crippen molar-refractivity contribution in [2.45, 2.75) is 26.7 Å². The standard InChI is InChI=1S/C27H28FN5O3S/c1-5-33(4)37(35,36)11-7-9-18-8-6-10-21(24(18)28)25(34)23-16-32-27-22(23)12-19(13-31-27)20-14-29-26(17(2)3)30-15-20/h6-10,12-17H,5,11H2,1-4H3,(H,31,32). The zero-order chi connectivity index (χ0) is 26.7. The number of carbonyl (C=O) groups is 1. The average Bonchev–Trinajstić information content (AvgIpc) is 3.32. The molecule has 8 nitrogen and oxygen atoms in total. The Labute approximate surface area is 215 Å². The molecule has 1 aromatic carbocycles. The van der Waals surface area contributed by atoms with E-state index in [0.29, 0.717) is 17.6 Å². The van der Waals surface area contributed by atoms with Crippen LogP contribution in [0.15, 0.2) is 55.1 Å². The van der Waals surface area contributed by atoms with Gasteiger partial charge in [-0.2, -0.15) is 0 Å². The highest BCUT2D eigenvalue weighted by Crippen LogP contribution is 2.27. The Balaban J connectivity index is 1.64. The number of sulfonamides is 1. The third kappa shape index (κ3) is 5.50. The summed E-state index contributed by atoms with van der Waals surface area (Å²) >= 11 is 0. The number of hydrogen-bond donors (Lipinski definition) is 1. The SMILES string of the molecule is CCN(C)S(=O)(=O)CC=Cc1cccc(C(=O)c2c[nH]c3ncc(-c4cnc(C(C)C)nc4)cc23)c1F. The van der Waals surface area contributed by atoms with Crippen molar-refractivity contribution in [2.75, 3.05) is 19.3 Å². The minimum absolute atomic E-state index is 0.119. The van der Waals surface area contributed by atoms with Crippen molar-refractivity contribution in [3.05, 3.63) is 83.5 Å². The number of pyridine rings is 1. The summed E-state index contributed by atoms with van der Waals surface area (Å²) in [6.07, 6.45) is 9.36. The molecule has 0 aliphatic carbocycles. The van der Waals surface area contributed by atoms with E-state index < -0.39 is 21.6 Å². The molecule has 0 aliphatic heterocycles. The molecule has 0 radical (unpaired) electrons. The molecule has 192 valence electrons. The van der Waals surface area contributed by atoms with Crippen LogP contribution in [0.5, 0.6) is 0 Å². The molecule has 0 bridgehead atoms. The Hall–Kier alpha value is -3.76. The van der Waals surface area contributed by atoms with E-state index in [1.807, 2.05) is 13.8 Å². The summed E-state index contributed by atoms with van der Waals surface area (Å²) in [5, 5.41) is 0.546. The highest BCUT2D eigenvalue weighted by atomic mass is 32.2. The van der Waals surface area contributed by atoms with Gasteiger partial charge >= 0.3 is 0 Å². The summed E-state index contributed by atoms with van der Waals surface area (Å²) < 4.78 is 40.9. The maximum absolute atomic E-state index is 15.3. The molecule has 0 unspecified atom stereocenters. The Morgan fingerprint density at radius 3 is 2.49 bits per heavy atom. The normalized spacial score (nSPS) is 12.3. The fourth-order valence-electron chi connectivity index (χ4n) is 3.75. The number of rotatable bonds is 9.